The lowest BCUT2D eigenvalue weighted by molar-refractivity contribution is -0.113. The Kier molecular flexibility index (Phi) is 7.07. The molecule has 1 heterocycles. The number of amides is 2. The van der Waals surface area contributed by atoms with Gasteiger partial charge in [-0.25, -0.2) is 4.90 Å². The van der Waals surface area contributed by atoms with Crippen LogP contribution in [0.5, 0.6) is 11.5 Å². The summed E-state index contributed by atoms with van der Waals surface area (Å²) in [5, 5.41) is 0.0871. The number of benzene rings is 3. The third-order valence-electron chi connectivity index (χ3n) is 4.65. The Labute approximate surface area is 208 Å². The Balaban J connectivity index is 1.53. The maximum atomic E-state index is 12.9. The van der Waals surface area contributed by atoms with Gasteiger partial charge in [-0.1, -0.05) is 35.9 Å². The molecule has 8 heteroatoms. The Bertz CT molecular complexity index is 1210. The van der Waals surface area contributed by atoms with Crippen LogP contribution in [0.4, 0.5) is 10.5 Å². The normalized spacial score (nSPS) is 14.8. The highest BCUT2D eigenvalue weighted by Gasteiger charge is 2.36. The van der Waals surface area contributed by atoms with Crippen molar-refractivity contribution < 1.29 is 19.1 Å². The van der Waals surface area contributed by atoms with Crippen molar-refractivity contribution in [2.75, 3.05) is 12.0 Å². The van der Waals surface area contributed by atoms with Crippen LogP contribution < -0.4 is 14.4 Å². The van der Waals surface area contributed by atoms with Crippen LogP contribution in [-0.4, -0.2) is 18.3 Å². The zero-order valence-corrected chi connectivity index (χ0v) is 20.6. The fourth-order valence-electron chi connectivity index (χ4n) is 3.09. The number of imide groups is 1. The fourth-order valence-corrected chi connectivity index (χ4v) is 4.48. The Morgan fingerprint density at radius 2 is 1.81 bits per heavy atom. The van der Waals surface area contributed by atoms with E-state index < -0.39 is 0 Å². The molecule has 0 aromatic heterocycles. The molecule has 0 saturated carbocycles. The molecule has 162 valence electrons. The van der Waals surface area contributed by atoms with E-state index >= 15 is 0 Å². The first-order chi connectivity index (χ1) is 15.4. The molecule has 3 aromatic rings. The first-order valence-corrected chi connectivity index (χ1v) is 11.8. The van der Waals surface area contributed by atoms with E-state index in [1.807, 2.05) is 30.3 Å². The fraction of sp³-hybridized carbons (Fsp3) is 0.0833. The minimum absolute atomic E-state index is 0.324. The topological polar surface area (TPSA) is 55.8 Å². The summed E-state index contributed by atoms with van der Waals surface area (Å²) in [6.07, 6.45) is 1.67. The van der Waals surface area contributed by atoms with Gasteiger partial charge >= 0.3 is 0 Å². The van der Waals surface area contributed by atoms with Gasteiger partial charge in [-0.15, -0.1) is 0 Å². The number of halogens is 2. The first-order valence-electron chi connectivity index (χ1n) is 9.53. The largest absolute Gasteiger partial charge is 0.493 e. The molecule has 0 bridgehead atoms. The zero-order chi connectivity index (χ0) is 22.7. The van der Waals surface area contributed by atoms with Gasteiger partial charge in [0.15, 0.2) is 11.5 Å². The molecule has 1 fully saturated rings. The van der Waals surface area contributed by atoms with Crippen molar-refractivity contribution in [2.24, 2.45) is 0 Å². The van der Waals surface area contributed by atoms with Crippen LogP contribution in [-0.2, 0) is 11.4 Å². The van der Waals surface area contributed by atoms with E-state index in [9.17, 15) is 9.59 Å². The number of carbonyl (C=O) groups is 2. The van der Waals surface area contributed by atoms with Gasteiger partial charge in [0.1, 0.15) is 6.61 Å². The van der Waals surface area contributed by atoms with E-state index in [-0.39, 0.29) is 11.1 Å². The Morgan fingerprint density at radius 1 is 1.03 bits per heavy atom. The highest BCUT2D eigenvalue weighted by Crippen LogP contribution is 2.37. The van der Waals surface area contributed by atoms with Crippen LogP contribution in [0.15, 0.2) is 71.6 Å². The lowest BCUT2D eigenvalue weighted by Gasteiger charge is -2.12. The van der Waals surface area contributed by atoms with Gasteiger partial charge in [-0.2, -0.15) is 0 Å². The minimum atomic E-state index is -0.389. The van der Waals surface area contributed by atoms with Crippen LogP contribution in [0.2, 0.25) is 5.02 Å². The first kappa shape index (κ1) is 22.7. The number of hydrogen-bond donors (Lipinski definition) is 0. The molecule has 0 aliphatic carbocycles. The van der Waals surface area contributed by atoms with Crippen molar-refractivity contribution in [1.82, 2.24) is 0 Å². The van der Waals surface area contributed by atoms with Crippen molar-refractivity contribution >= 4 is 68.9 Å². The second-order valence-corrected chi connectivity index (χ2v) is 9.50. The standard InChI is InChI=1S/C24H17ClINO4S/c1-30-21-11-16(7-10-20(21)31-14-15-5-8-18(26)9-6-15)12-22-23(28)27(24(29)32-22)19-4-2-3-17(25)13-19/h2-13H,14H2,1H3/b22-12+. The van der Waals surface area contributed by atoms with Crippen molar-refractivity contribution in [3.05, 3.63) is 91.4 Å². The second-order valence-electron chi connectivity index (χ2n) is 6.82. The van der Waals surface area contributed by atoms with Crippen molar-refractivity contribution in [3.8, 4) is 11.5 Å². The molecule has 5 nitrogen and oxygen atoms in total. The molecule has 1 aliphatic heterocycles. The van der Waals surface area contributed by atoms with Crippen LogP contribution in [0.3, 0.4) is 0 Å². The van der Waals surface area contributed by atoms with Crippen molar-refractivity contribution in [3.63, 3.8) is 0 Å². The number of methoxy groups -OCH3 is 1. The maximum absolute atomic E-state index is 12.9. The maximum Gasteiger partial charge on any atom is 0.298 e. The number of ether oxygens (including phenoxy) is 2. The van der Waals surface area contributed by atoms with E-state index in [1.165, 1.54) is 0 Å². The summed E-state index contributed by atoms with van der Waals surface area (Å²) in [7, 11) is 1.56. The van der Waals surface area contributed by atoms with Gasteiger partial charge in [0, 0.05) is 8.59 Å². The smallest absolute Gasteiger partial charge is 0.298 e. The number of rotatable bonds is 6. The summed E-state index contributed by atoms with van der Waals surface area (Å²) in [6.45, 7) is 0.408. The highest BCUT2D eigenvalue weighted by molar-refractivity contribution is 14.1. The van der Waals surface area contributed by atoms with Gasteiger partial charge in [-0.3, -0.25) is 9.59 Å². The van der Waals surface area contributed by atoms with Crippen LogP contribution >= 0.6 is 46.0 Å². The van der Waals surface area contributed by atoms with Gasteiger partial charge in [0.05, 0.1) is 17.7 Å². The predicted octanol–water partition coefficient (Wildman–Crippen LogP) is 6.77. The van der Waals surface area contributed by atoms with Crippen LogP contribution in [0.25, 0.3) is 6.08 Å². The van der Waals surface area contributed by atoms with Crippen molar-refractivity contribution in [1.29, 1.82) is 0 Å². The van der Waals surface area contributed by atoms with Gasteiger partial charge in [0.25, 0.3) is 11.1 Å². The molecule has 0 unspecified atom stereocenters. The lowest BCUT2D eigenvalue weighted by atomic mass is 10.1. The minimum Gasteiger partial charge on any atom is -0.493 e. The number of thioether (sulfide) groups is 1. The Morgan fingerprint density at radius 3 is 2.53 bits per heavy atom. The molecule has 0 N–H and O–H groups in total. The van der Waals surface area contributed by atoms with E-state index in [2.05, 4.69) is 22.6 Å². The molecule has 32 heavy (non-hydrogen) atoms. The summed E-state index contributed by atoms with van der Waals surface area (Å²) in [5.41, 5.74) is 2.21. The highest BCUT2D eigenvalue weighted by atomic mass is 127. The average molecular weight is 578 g/mol. The average Bonchev–Trinajstić information content (AvgIpc) is 3.06. The summed E-state index contributed by atoms with van der Waals surface area (Å²) in [4.78, 5) is 26.8. The van der Waals surface area contributed by atoms with E-state index in [0.717, 1.165) is 31.4 Å². The van der Waals surface area contributed by atoms with Crippen molar-refractivity contribution in [2.45, 2.75) is 6.61 Å². The third kappa shape index (κ3) is 5.11. The number of anilines is 1. The molecule has 1 saturated heterocycles. The lowest BCUT2D eigenvalue weighted by Crippen LogP contribution is -2.27. The van der Waals surface area contributed by atoms with E-state index in [4.69, 9.17) is 21.1 Å². The quantitative estimate of drug-likeness (QED) is 0.239. The van der Waals surface area contributed by atoms with E-state index in [1.54, 1.807) is 49.6 Å². The van der Waals surface area contributed by atoms with Crippen LogP contribution in [0, 0.1) is 3.57 Å². The van der Waals surface area contributed by atoms with Crippen LogP contribution in [0.1, 0.15) is 11.1 Å². The summed E-state index contributed by atoms with van der Waals surface area (Å²) in [5.74, 6) is 0.744. The summed E-state index contributed by atoms with van der Waals surface area (Å²) >= 11 is 9.15. The molecule has 1 aliphatic rings. The SMILES string of the molecule is COc1cc(/C=C2/SC(=O)N(c3cccc(Cl)c3)C2=O)ccc1OCc1ccc(I)cc1. The molecule has 2 amide bonds. The van der Waals surface area contributed by atoms with Gasteiger partial charge in [0.2, 0.25) is 0 Å². The molecule has 4 rings (SSSR count). The molecular weight excluding hydrogens is 561 g/mol. The van der Waals surface area contributed by atoms with E-state index in [0.29, 0.717) is 33.7 Å². The molecule has 0 radical (unpaired) electrons. The monoisotopic (exact) mass is 577 g/mol. The zero-order valence-electron chi connectivity index (χ0n) is 16.9. The number of nitrogens with zero attached hydrogens (tertiary/aromatic N) is 1. The molecule has 3 aromatic carbocycles. The Hall–Kier alpha value is -2.49. The molecule has 0 atom stereocenters. The number of hydrogen-bond acceptors (Lipinski definition) is 5. The van der Waals surface area contributed by atoms with Gasteiger partial charge in [-0.05, 0) is 94.0 Å². The summed E-state index contributed by atoms with van der Waals surface area (Å²) < 4.78 is 12.5. The molecule has 0 spiro atoms. The predicted molar refractivity (Wildman–Crippen MR) is 136 cm³/mol. The van der Waals surface area contributed by atoms with Gasteiger partial charge < -0.3 is 9.47 Å². The third-order valence-corrected chi connectivity index (χ3v) is 6.48. The number of carbonyl (C=O) groups excluding carboxylic acids is 2. The second kappa shape index (κ2) is 9.97. The molecular formula is C24H17ClINO4S. The summed E-state index contributed by atoms with van der Waals surface area (Å²) in [6, 6.07) is 20.1.